The molecule has 0 bridgehead atoms. The molecule has 1 fully saturated rings. The highest BCUT2D eigenvalue weighted by atomic mass is 16.5. The van der Waals surface area contributed by atoms with Crippen molar-refractivity contribution in [2.75, 3.05) is 13.7 Å². The fourth-order valence-electron chi connectivity index (χ4n) is 2.85. The summed E-state index contributed by atoms with van der Waals surface area (Å²) in [6.07, 6.45) is 3.35. The summed E-state index contributed by atoms with van der Waals surface area (Å²) in [5, 5.41) is 5.71. The van der Waals surface area contributed by atoms with Crippen LogP contribution in [0.2, 0.25) is 0 Å². The average molecular weight is 304 g/mol. The molecule has 118 valence electrons. The number of carbonyl (C=O) groups excluding carboxylic acids is 2. The number of methoxy groups -OCH3 is 1. The molecule has 22 heavy (non-hydrogen) atoms. The molecule has 1 aromatic carbocycles. The first-order valence-electron chi connectivity index (χ1n) is 7.44. The largest absolute Gasteiger partial charge is 0.469 e. The molecular formula is C16H20N2O4. The van der Waals surface area contributed by atoms with Crippen LogP contribution >= 0.6 is 0 Å². The van der Waals surface area contributed by atoms with Gasteiger partial charge in [-0.2, -0.15) is 0 Å². The predicted octanol–water partition coefficient (Wildman–Crippen LogP) is 2.79. The summed E-state index contributed by atoms with van der Waals surface area (Å²) in [7, 11) is 1.41. The second-order valence-corrected chi connectivity index (χ2v) is 5.56. The molecular weight excluding hydrogens is 284 g/mol. The maximum absolute atomic E-state index is 12.1. The molecule has 6 nitrogen and oxygen atoms in total. The first kappa shape index (κ1) is 16.1. The van der Waals surface area contributed by atoms with Gasteiger partial charge in [0.15, 0.2) is 0 Å². The van der Waals surface area contributed by atoms with Crippen LogP contribution in [0.3, 0.4) is 0 Å². The van der Waals surface area contributed by atoms with Crippen molar-refractivity contribution in [1.29, 1.82) is 0 Å². The number of nitrogens with one attached hydrogen (secondary N) is 1. The van der Waals surface area contributed by atoms with Crippen molar-refractivity contribution in [2.45, 2.75) is 25.7 Å². The molecule has 0 unspecified atom stereocenters. The highest BCUT2D eigenvalue weighted by Gasteiger charge is 2.27. The van der Waals surface area contributed by atoms with Gasteiger partial charge in [0.05, 0.1) is 18.6 Å². The van der Waals surface area contributed by atoms with Crippen LogP contribution in [-0.4, -0.2) is 25.5 Å². The van der Waals surface area contributed by atoms with E-state index in [4.69, 9.17) is 4.74 Å². The number of amides is 1. The molecule has 0 spiro atoms. The first-order chi connectivity index (χ1) is 10.7. The minimum atomic E-state index is -0.287. The lowest BCUT2D eigenvalue weighted by Gasteiger charge is -2.27. The molecule has 1 saturated carbocycles. The van der Waals surface area contributed by atoms with Crippen LogP contribution in [0.1, 0.15) is 36.0 Å². The second kappa shape index (κ2) is 7.68. The quantitative estimate of drug-likeness (QED) is 0.669. The molecule has 1 N–H and O–H groups in total. The number of nitroso groups, excluding NO2 is 1. The Morgan fingerprint density at radius 2 is 1.91 bits per heavy atom. The highest BCUT2D eigenvalue weighted by Crippen LogP contribution is 2.29. The van der Waals surface area contributed by atoms with Crippen LogP contribution in [0, 0.1) is 16.7 Å². The van der Waals surface area contributed by atoms with E-state index in [0.29, 0.717) is 18.0 Å². The molecule has 0 atom stereocenters. The van der Waals surface area contributed by atoms with Gasteiger partial charge in [0, 0.05) is 6.54 Å². The molecule has 0 aliphatic heterocycles. The van der Waals surface area contributed by atoms with E-state index >= 15 is 0 Å². The summed E-state index contributed by atoms with van der Waals surface area (Å²) in [6, 6.07) is 6.47. The van der Waals surface area contributed by atoms with Crippen LogP contribution in [-0.2, 0) is 9.53 Å². The van der Waals surface area contributed by atoms with Gasteiger partial charge in [0.1, 0.15) is 5.69 Å². The Labute approximate surface area is 129 Å². The molecule has 2 rings (SSSR count). The molecule has 1 aliphatic rings. The van der Waals surface area contributed by atoms with Crippen LogP contribution < -0.4 is 5.32 Å². The molecule has 1 amide bonds. The van der Waals surface area contributed by atoms with Crippen LogP contribution in [0.15, 0.2) is 29.4 Å². The van der Waals surface area contributed by atoms with Crippen LogP contribution in [0.4, 0.5) is 5.69 Å². The number of ether oxygens (including phenoxy) is 1. The van der Waals surface area contributed by atoms with E-state index in [9.17, 15) is 14.5 Å². The van der Waals surface area contributed by atoms with E-state index in [1.807, 2.05) is 0 Å². The third-order valence-corrected chi connectivity index (χ3v) is 4.18. The van der Waals surface area contributed by atoms with Gasteiger partial charge in [-0.25, -0.2) is 0 Å². The zero-order chi connectivity index (χ0) is 15.9. The fourth-order valence-corrected chi connectivity index (χ4v) is 2.85. The van der Waals surface area contributed by atoms with E-state index in [-0.39, 0.29) is 23.5 Å². The lowest BCUT2D eigenvalue weighted by Crippen LogP contribution is -2.32. The first-order valence-corrected chi connectivity index (χ1v) is 7.44. The minimum Gasteiger partial charge on any atom is -0.469 e. The maximum Gasteiger partial charge on any atom is 0.308 e. The van der Waals surface area contributed by atoms with Gasteiger partial charge in [0.2, 0.25) is 0 Å². The topological polar surface area (TPSA) is 84.8 Å². The Morgan fingerprint density at radius 1 is 1.23 bits per heavy atom. The molecule has 0 aromatic heterocycles. The monoisotopic (exact) mass is 304 g/mol. The van der Waals surface area contributed by atoms with E-state index in [1.54, 1.807) is 18.2 Å². The summed E-state index contributed by atoms with van der Waals surface area (Å²) in [6.45, 7) is 0.542. The lowest BCUT2D eigenvalue weighted by atomic mass is 9.82. The summed E-state index contributed by atoms with van der Waals surface area (Å²) < 4.78 is 4.76. The number of nitrogens with zero attached hydrogens (tertiary/aromatic N) is 1. The van der Waals surface area contributed by atoms with Crippen LogP contribution in [0.5, 0.6) is 0 Å². The van der Waals surface area contributed by atoms with Crippen LogP contribution in [0.25, 0.3) is 0 Å². The van der Waals surface area contributed by atoms with Crippen molar-refractivity contribution in [3.63, 3.8) is 0 Å². The van der Waals surface area contributed by atoms with Gasteiger partial charge < -0.3 is 10.1 Å². The third-order valence-electron chi connectivity index (χ3n) is 4.18. The maximum atomic E-state index is 12.1. The SMILES string of the molecule is COC(=O)[C@H]1CC[C@H](CNC(=O)c2ccccc2N=O)CC1. The van der Waals surface area contributed by atoms with Crippen molar-refractivity contribution < 1.29 is 14.3 Å². The van der Waals surface area contributed by atoms with Crippen molar-refractivity contribution in [1.82, 2.24) is 5.32 Å². The van der Waals surface area contributed by atoms with Gasteiger partial charge in [-0.3, -0.25) is 9.59 Å². The summed E-state index contributed by atoms with van der Waals surface area (Å²) in [5.74, 6) is -0.100. The summed E-state index contributed by atoms with van der Waals surface area (Å²) in [4.78, 5) is 34.3. The highest BCUT2D eigenvalue weighted by molar-refractivity contribution is 5.98. The average Bonchev–Trinajstić information content (AvgIpc) is 2.59. The molecule has 0 saturated heterocycles. The number of benzene rings is 1. The Balaban J connectivity index is 1.83. The lowest BCUT2D eigenvalue weighted by molar-refractivity contribution is -0.146. The van der Waals surface area contributed by atoms with Gasteiger partial charge >= 0.3 is 5.97 Å². The van der Waals surface area contributed by atoms with Gasteiger partial charge in [0.25, 0.3) is 5.91 Å². The number of hydrogen-bond acceptors (Lipinski definition) is 5. The number of rotatable bonds is 5. The second-order valence-electron chi connectivity index (χ2n) is 5.56. The summed E-state index contributed by atoms with van der Waals surface area (Å²) in [5.41, 5.74) is 0.440. The Kier molecular flexibility index (Phi) is 5.63. The predicted molar refractivity (Wildman–Crippen MR) is 81.7 cm³/mol. The Morgan fingerprint density at radius 3 is 2.55 bits per heavy atom. The zero-order valence-electron chi connectivity index (χ0n) is 12.6. The van der Waals surface area contributed by atoms with Crippen molar-refractivity contribution in [2.24, 2.45) is 17.0 Å². The Hall–Kier alpha value is -2.24. The minimum absolute atomic E-state index is 0.0167. The molecule has 1 aliphatic carbocycles. The van der Waals surface area contributed by atoms with Gasteiger partial charge in [-0.15, -0.1) is 4.91 Å². The molecule has 6 heteroatoms. The number of hydrogen-bond donors (Lipinski definition) is 1. The van der Waals surface area contributed by atoms with E-state index in [2.05, 4.69) is 10.5 Å². The summed E-state index contributed by atoms with van der Waals surface area (Å²) >= 11 is 0. The van der Waals surface area contributed by atoms with Gasteiger partial charge in [-0.1, -0.05) is 12.1 Å². The zero-order valence-corrected chi connectivity index (χ0v) is 12.6. The number of carbonyl (C=O) groups is 2. The fraction of sp³-hybridized carbons (Fsp3) is 0.500. The smallest absolute Gasteiger partial charge is 0.308 e. The van der Waals surface area contributed by atoms with Crippen molar-refractivity contribution in [3.8, 4) is 0 Å². The van der Waals surface area contributed by atoms with E-state index in [1.165, 1.54) is 13.2 Å². The molecule has 1 aromatic rings. The Bertz CT molecular complexity index is 551. The van der Waals surface area contributed by atoms with E-state index in [0.717, 1.165) is 25.7 Å². The number of esters is 1. The third kappa shape index (κ3) is 3.90. The van der Waals surface area contributed by atoms with Crippen molar-refractivity contribution >= 4 is 17.6 Å². The van der Waals surface area contributed by atoms with Gasteiger partial charge in [-0.05, 0) is 48.9 Å². The van der Waals surface area contributed by atoms with Crippen molar-refractivity contribution in [3.05, 3.63) is 34.7 Å². The normalized spacial score (nSPS) is 21.0. The molecule has 0 radical (unpaired) electrons. The molecule has 0 heterocycles. The van der Waals surface area contributed by atoms with E-state index < -0.39 is 0 Å². The standard InChI is InChI=1S/C16H20N2O4/c1-22-16(20)12-8-6-11(7-9-12)10-17-15(19)13-4-2-3-5-14(13)18-21/h2-5,11-12H,6-10H2,1H3,(H,17,19)/t11-,12-.